The van der Waals surface area contributed by atoms with E-state index in [9.17, 15) is 0 Å². The van der Waals surface area contributed by atoms with Crippen LogP contribution in [-0.4, -0.2) is 6.04 Å². The average molecular weight is 240 g/mol. The highest BCUT2D eigenvalue weighted by Crippen LogP contribution is 2.18. The predicted octanol–water partition coefficient (Wildman–Crippen LogP) is 3.62. The van der Waals surface area contributed by atoms with Gasteiger partial charge in [-0.2, -0.15) is 0 Å². The zero-order valence-electron chi connectivity index (χ0n) is 11.0. The molecule has 0 fully saturated rings. The van der Waals surface area contributed by atoms with Gasteiger partial charge in [-0.1, -0.05) is 36.4 Å². The highest BCUT2D eigenvalue weighted by molar-refractivity contribution is 5.58. The topological polar surface area (TPSA) is 38.0 Å². The molecule has 0 amide bonds. The Morgan fingerprint density at radius 2 is 1.83 bits per heavy atom. The molecule has 0 aliphatic heterocycles. The number of rotatable bonds is 4. The summed E-state index contributed by atoms with van der Waals surface area (Å²) in [7, 11) is 0. The van der Waals surface area contributed by atoms with E-state index in [2.05, 4.69) is 42.6 Å². The van der Waals surface area contributed by atoms with E-state index in [1.807, 2.05) is 25.1 Å². The van der Waals surface area contributed by atoms with Gasteiger partial charge < -0.3 is 11.1 Å². The Labute approximate surface area is 109 Å². The number of nitrogen functional groups attached to an aromatic ring is 1. The van der Waals surface area contributed by atoms with Crippen molar-refractivity contribution in [1.29, 1.82) is 0 Å². The first-order chi connectivity index (χ1) is 8.65. The number of hydrogen-bond acceptors (Lipinski definition) is 2. The van der Waals surface area contributed by atoms with Crippen molar-refractivity contribution in [3.63, 3.8) is 0 Å². The molecule has 2 nitrogen and oxygen atoms in total. The molecule has 0 radical (unpaired) electrons. The number of aryl methyl sites for hydroxylation is 1. The lowest BCUT2D eigenvalue weighted by molar-refractivity contribution is 0.790. The molecule has 1 atom stereocenters. The molecule has 2 aromatic rings. The second kappa shape index (κ2) is 5.58. The van der Waals surface area contributed by atoms with Crippen molar-refractivity contribution in [2.24, 2.45) is 0 Å². The fourth-order valence-corrected chi connectivity index (χ4v) is 2.03. The van der Waals surface area contributed by atoms with Crippen LogP contribution in [0.25, 0.3) is 0 Å². The molecule has 1 unspecified atom stereocenters. The number of benzene rings is 2. The van der Waals surface area contributed by atoms with E-state index in [1.54, 1.807) is 0 Å². The van der Waals surface area contributed by atoms with Crippen molar-refractivity contribution in [3.8, 4) is 0 Å². The summed E-state index contributed by atoms with van der Waals surface area (Å²) in [6.07, 6.45) is 1.01. The maximum absolute atomic E-state index is 5.91. The molecule has 94 valence electrons. The molecule has 2 aromatic carbocycles. The molecular weight excluding hydrogens is 220 g/mol. The van der Waals surface area contributed by atoms with Gasteiger partial charge in [-0.05, 0) is 43.5 Å². The standard InChI is InChI=1S/C16H20N2/c1-12-8-9-15(11-16(12)17)18-13(2)10-14-6-4-3-5-7-14/h3-9,11,13,18H,10,17H2,1-2H3. The summed E-state index contributed by atoms with van der Waals surface area (Å²) in [4.78, 5) is 0. The Kier molecular flexibility index (Phi) is 3.88. The van der Waals surface area contributed by atoms with Crippen LogP contribution in [-0.2, 0) is 6.42 Å². The quantitative estimate of drug-likeness (QED) is 0.801. The molecule has 2 heteroatoms. The van der Waals surface area contributed by atoms with Gasteiger partial charge in [-0.3, -0.25) is 0 Å². The Hall–Kier alpha value is -1.96. The van der Waals surface area contributed by atoms with Crippen LogP contribution in [0.5, 0.6) is 0 Å². The lowest BCUT2D eigenvalue weighted by atomic mass is 10.1. The number of nitrogens with one attached hydrogen (secondary N) is 1. The van der Waals surface area contributed by atoms with Crippen LogP contribution >= 0.6 is 0 Å². The summed E-state index contributed by atoms with van der Waals surface area (Å²) < 4.78 is 0. The van der Waals surface area contributed by atoms with Gasteiger partial charge in [-0.25, -0.2) is 0 Å². The molecule has 0 heterocycles. The Morgan fingerprint density at radius 3 is 2.50 bits per heavy atom. The minimum absolute atomic E-state index is 0.384. The fraction of sp³-hybridized carbons (Fsp3) is 0.250. The van der Waals surface area contributed by atoms with E-state index >= 15 is 0 Å². The third-order valence-electron chi connectivity index (χ3n) is 3.08. The smallest absolute Gasteiger partial charge is 0.0364 e. The van der Waals surface area contributed by atoms with Gasteiger partial charge in [0.2, 0.25) is 0 Å². The second-order valence-corrected chi connectivity index (χ2v) is 4.81. The highest BCUT2D eigenvalue weighted by Gasteiger charge is 2.04. The van der Waals surface area contributed by atoms with Crippen molar-refractivity contribution in [1.82, 2.24) is 0 Å². The maximum atomic E-state index is 5.91. The van der Waals surface area contributed by atoms with E-state index in [4.69, 9.17) is 5.73 Å². The van der Waals surface area contributed by atoms with Gasteiger partial charge in [0.1, 0.15) is 0 Å². The minimum Gasteiger partial charge on any atom is -0.398 e. The zero-order chi connectivity index (χ0) is 13.0. The van der Waals surface area contributed by atoms with Crippen LogP contribution in [0.4, 0.5) is 11.4 Å². The minimum atomic E-state index is 0.384. The van der Waals surface area contributed by atoms with Crippen LogP contribution in [0.2, 0.25) is 0 Å². The average Bonchev–Trinajstić information content (AvgIpc) is 2.35. The first-order valence-electron chi connectivity index (χ1n) is 6.32. The first kappa shape index (κ1) is 12.5. The summed E-state index contributed by atoms with van der Waals surface area (Å²) >= 11 is 0. The zero-order valence-corrected chi connectivity index (χ0v) is 11.0. The molecule has 0 aliphatic rings. The van der Waals surface area contributed by atoms with Gasteiger partial charge in [0.15, 0.2) is 0 Å². The molecule has 2 rings (SSSR count). The molecule has 3 N–H and O–H groups in total. The summed E-state index contributed by atoms with van der Waals surface area (Å²) in [5.41, 5.74) is 10.3. The van der Waals surface area contributed by atoms with Crippen molar-refractivity contribution >= 4 is 11.4 Å². The third-order valence-corrected chi connectivity index (χ3v) is 3.08. The summed E-state index contributed by atoms with van der Waals surface area (Å²) in [5.74, 6) is 0. The van der Waals surface area contributed by atoms with Gasteiger partial charge in [0, 0.05) is 17.4 Å². The van der Waals surface area contributed by atoms with Crippen molar-refractivity contribution < 1.29 is 0 Å². The summed E-state index contributed by atoms with van der Waals surface area (Å²) in [6.45, 7) is 4.20. The first-order valence-corrected chi connectivity index (χ1v) is 6.32. The molecule has 0 saturated carbocycles. The Balaban J connectivity index is 1.99. The van der Waals surface area contributed by atoms with Crippen LogP contribution in [0.3, 0.4) is 0 Å². The SMILES string of the molecule is Cc1ccc(NC(C)Cc2ccccc2)cc1N. The number of hydrogen-bond donors (Lipinski definition) is 2. The maximum Gasteiger partial charge on any atom is 0.0364 e. The molecule has 0 bridgehead atoms. The molecule has 0 spiro atoms. The van der Waals surface area contributed by atoms with Crippen LogP contribution in [0, 0.1) is 6.92 Å². The lowest BCUT2D eigenvalue weighted by Gasteiger charge is -2.16. The third kappa shape index (κ3) is 3.27. The van der Waals surface area contributed by atoms with Crippen molar-refractivity contribution in [2.75, 3.05) is 11.1 Å². The second-order valence-electron chi connectivity index (χ2n) is 4.81. The molecule has 0 aromatic heterocycles. The fourth-order valence-electron chi connectivity index (χ4n) is 2.03. The van der Waals surface area contributed by atoms with Gasteiger partial charge in [0.25, 0.3) is 0 Å². The van der Waals surface area contributed by atoms with Gasteiger partial charge >= 0.3 is 0 Å². The predicted molar refractivity (Wildman–Crippen MR) is 78.8 cm³/mol. The number of nitrogens with two attached hydrogens (primary N) is 1. The molecule has 18 heavy (non-hydrogen) atoms. The molecule has 0 aliphatic carbocycles. The van der Waals surface area contributed by atoms with Crippen molar-refractivity contribution in [2.45, 2.75) is 26.3 Å². The monoisotopic (exact) mass is 240 g/mol. The van der Waals surface area contributed by atoms with Crippen LogP contribution in [0.1, 0.15) is 18.1 Å². The Bertz CT molecular complexity index is 506. The summed E-state index contributed by atoms with van der Waals surface area (Å²) in [5, 5.41) is 3.48. The van der Waals surface area contributed by atoms with E-state index in [0.29, 0.717) is 6.04 Å². The Morgan fingerprint density at radius 1 is 1.11 bits per heavy atom. The summed E-state index contributed by atoms with van der Waals surface area (Å²) in [6, 6.07) is 17.0. The molecular formula is C16H20N2. The van der Waals surface area contributed by atoms with E-state index in [0.717, 1.165) is 23.4 Å². The van der Waals surface area contributed by atoms with Crippen LogP contribution < -0.4 is 11.1 Å². The molecule has 0 saturated heterocycles. The van der Waals surface area contributed by atoms with Gasteiger partial charge in [0.05, 0.1) is 0 Å². The normalized spacial score (nSPS) is 12.1. The lowest BCUT2D eigenvalue weighted by Crippen LogP contribution is -2.18. The van der Waals surface area contributed by atoms with E-state index in [-0.39, 0.29) is 0 Å². The van der Waals surface area contributed by atoms with Gasteiger partial charge in [-0.15, -0.1) is 0 Å². The van der Waals surface area contributed by atoms with E-state index in [1.165, 1.54) is 5.56 Å². The highest BCUT2D eigenvalue weighted by atomic mass is 14.9. The van der Waals surface area contributed by atoms with E-state index < -0.39 is 0 Å². The number of anilines is 2. The largest absolute Gasteiger partial charge is 0.398 e. The van der Waals surface area contributed by atoms with Crippen LogP contribution in [0.15, 0.2) is 48.5 Å². The van der Waals surface area contributed by atoms with Crippen molar-refractivity contribution in [3.05, 3.63) is 59.7 Å².